The second-order valence-corrected chi connectivity index (χ2v) is 7.89. The third kappa shape index (κ3) is 3.64. The smallest absolute Gasteiger partial charge is 0.264 e. The molecule has 1 aromatic rings. The largest absolute Gasteiger partial charge is 0.351 e. The maximum atomic E-state index is 13.0. The molecular weight excluding hydrogens is 322 g/mol. The van der Waals surface area contributed by atoms with Crippen molar-refractivity contribution in [1.82, 2.24) is 15.1 Å². The molecule has 132 valence electrons. The predicted octanol–water partition coefficient (Wildman–Crippen LogP) is 2.47. The van der Waals surface area contributed by atoms with Crippen molar-refractivity contribution >= 4 is 23.2 Å². The molecule has 2 saturated heterocycles. The number of hydrogen-bond acceptors (Lipinski definition) is 4. The van der Waals surface area contributed by atoms with E-state index in [9.17, 15) is 9.59 Å². The summed E-state index contributed by atoms with van der Waals surface area (Å²) in [5.74, 6) is 0.122. The molecule has 2 aliphatic rings. The van der Waals surface area contributed by atoms with Crippen LogP contribution in [0.3, 0.4) is 0 Å². The molecule has 0 unspecified atom stereocenters. The van der Waals surface area contributed by atoms with E-state index in [1.54, 1.807) is 0 Å². The summed E-state index contributed by atoms with van der Waals surface area (Å²) in [6.45, 7) is 7.34. The minimum atomic E-state index is -0.0447. The molecule has 3 rings (SSSR count). The fraction of sp³-hybridized carbons (Fsp3) is 0.667. The molecule has 2 amide bonds. The highest BCUT2D eigenvalue weighted by atomic mass is 32.1. The molecule has 0 spiro atoms. The van der Waals surface area contributed by atoms with Crippen LogP contribution in [0.2, 0.25) is 0 Å². The van der Waals surface area contributed by atoms with Gasteiger partial charge in [-0.2, -0.15) is 0 Å². The van der Waals surface area contributed by atoms with E-state index in [4.69, 9.17) is 0 Å². The van der Waals surface area contributed by atoms with Crippen LogP contribution in [0.1, 0.15) is 54.1 Å². The Kier molecular flexibility index (Phi) is 5.56. The number of nitrogens with zero attached hydrogens (tertiary/aromatic N) is 2. The summed E-state index contributed by atoms with van der Waals surface area (Å²) in [5.41, 5.74) is 0. The second-order valence-electron chi connectivity index (χ2n) is 6.72. The van der Waals surface area contributed by atoms with E-state index in [1.165, 1.54) is 37.6 Å². The molecule has 0 saturated carbocycles. The lowest BCUT2D eigenvalue weighted by molar-refractivity contribution is -0.119. The Morgan fingerprint density at radius 3 is 2.71 bits per heavy atom. The lowest BCUT2D eigenvalue weighted by atomic mass is 10.0. The first kappa shape index (κ1) is 17.4. The molecule has 0 bridgehead atoms. The van der Waals surface area contributed by atoms with E-state index >= 15 is 0 Å². The van der Waals surface area contributed by atoms with Crippen molar-refractivity contribution in [2.75, 3.05) is 19.6 Å². The van der Waals surface area contributed by atoms with Gasteiger partial charge in [-0.1, -0.05) is 6.92 Å². The summed E-state index contributed by atoms with van der Waals surface area (Å²) in [6, 6.07) is 4.75. The van der Waals surface area contributed by atoms with Crippen LogP contribution in [-0.2, 0) is 11.3 Å². The molecule has 1 aromatic heterocycles. The Morgan fingerprint density at radius 2 is 1.96 bits per heavy atom. The van der Waals surface area contributed by atoms with Crippen LogP contribution >= 0.6 is 11.3 Å². The lowest BCUT2D eigenvalue weighted by Gasteiger charge is -2.34. The van der Waals surface area contributed by atoms with Gasteiger partial charge in [0.15, 0.2) is 0 Å². The fourth-order valence-corrected chi connectivity index (χ4v) is 4.97. The minimum absolute atomic E-state index is 0.0447. The van der Waals surface area contributed by atoms with Crippen LogP contribution in [0.25, 0.3) is 0 Å². The summed E-state index contributed by atoms with van der Waals surface area (Å²) < 4.78 is 0. The Morgan fingerprint density at radius 1 is 1.21 bits per heavy atom. The topological polar surface area (TPSA) is 52.6 Å². The van der Waals surface area contributed by atoms with E-state index in [0.717, 1.165) is 35.7 Å². The highest BCUT2D eigenvalue weighted by Gasteiger charge is 2.39. The number of likely N-dealkylation sites (N-methyl/N-ethyl adjacent to an activating group) is 1. The number of nitrogens with one attached hydrogen (secondary N) is 1. The molecule has 2 aliphatic heterocycles. The third-order valence-corrected chi connectivity index (χ3v) is 6.28. The Balaban J connectivity index is 1.68. The number of hydrogen-bond donors (Lipinski definition) is 1. The maximum Gasteiger partial charge on any atom is 0.264 e. The van der Waals surface area contributed by atoms with E-state index in [2.05, 4.69) is 22.0 Å². The number of thiophene rings is 1. The minimum Gasteiger partial charge on any atom is -0.351 e. The average Bonchev–Trinajstić information content (AvgIpc) is 3.30. The monoisotopic (exact) mass is 349 g/mol. The standard InChI is InChI=1S/C18H27N3O2S/c1-3-20-10-4-6-15(20)16-7-5-11-21(16)18(23)17-9-8-14(24-17)12-19-13(2)22/h8-9,15-16H,3-7,10-12H2,1-2H3,(H,19,22)/t15-,16-/m1/s1. The Hall–Kier alpha value is -1.40. The Labute approximate surface area is 148 Å². The van der Waals surface area contributed by atoms with Gasteiger partial charge in [0.2, 0.25) is 5.91 Å². The van der Waals surface area contributed by atoms with Crippen LogP contribution in [0.4, 0.5) is 0 Å². The zero-order valence-corrected chi connectivity index (χ0v) is 15.4. The molecular formula is C18H27N3O2S. The highest BCUT2D eigenvalue weighted by Crippen LogP contribution is 2.31. The van der Waals surface area contributed by atoms with Crippen LogP contribution < -0.4 is 5.32 Å². The van der Waals surface area contributed by atoms with Crippen LogP contribution in [0.5, 0.6) is 0 Å². The maximum absolute atomic E-state index is 13.0. The first-order chi connectivity index (χ1) is 11.6. The zero-order chi connectivity index (χ0) is 17.1. The molecule has 0 aliphatic carbocycles. The summed E-state index contributed by atoms with van der Waals surface area (Å²) in [4.78, 5) is 30.5. The van der Waals surface area contributed by atoms with Crippen LogP contribution in [-0.4, -0.2) is 53.3 Å². The van der Waals surface area contributed by atoms with Gasteiger partial charge in [-0.15, -0.1) is 11.3 Å². The molecule has 2 atom stereocenters. The zero-order valence-electron chi connectivity index (χ0n) is 14.6. The first-order valence-corrected chi connectivity index (χ1v) is 9.80. The number of rotatable bonds is 5. The van der Waals surface area contributed by atoms with Gasteiger partial charge in [-0.05, 0) is 50.9 Å². The highest BCUT2D eigenvalue weighted by molar-refractivity contribution is 7.14. The lowest BCUT2D eigenvalue weighted by Crippen LogP contribution is -2.48. The molecule has 2 fully saturated rings. The van der Waals surface area contributed by atoms with Crippen molar-refractivity contribution in [2.45, 2.75) is 58.2 Å². The van der Waals surface area contributed by atoms with E-state index in [0.29, 0.717) is 18.6 Å². The molecule has 0 radical (unpaired) electrons. The number of carbonyl (C=O) groups excluding carboxylic acids is 2. The van der Waals surface area contributed by atoms with Crippen molar-refractivity contribution in [3.05, 3.63) is 21.9 Å². The Bertz CT molecular complexity index is 601. The number of likely N-dealkylation sites (tertiary alicyclic amines) is 2. The van der Waals surface area contributed by atoms with Gasteiger partial charge in [-0.3, -0.25) is 14.5 Å². The van der Waals surface area contributed by atoms with E-state index in [1.807, 2.05) is 12.1 Å². The molecule has 3 heterocycles. The van der Waals surface area contributed by atoms with Gasteiger partial charge >= 0.3 is 0 Å². The van der Waals surface area contributed by atoms with Gasteiger partial charge < -0.3 is 10.2 Å². The van der Waals surface area contributed by atoms with E-state index < -0.39 is 0 Å². The van der Waals surface area contributed by atoms with Crippen LogP contribution in [0.15, 0.2) is 12.1 Å². The molecule has 24 heavy (non-hydrogen) atoms. The predicted molar refractivity (Wildman–Crippen MR) is 96.2 cm³/mol. The number of carbonyl (C=O) groups is 2. The van der Waals surface area contributed by atoms with Crippen molar-refractivity contribution in [3.63, 3.8) is 0 Å². The molecule has 6 heteroatoms. The molecule has 5 nitrogen and oxygen atoms in total. The van der Waals surface area contributed by atoms with Gasteiger partial charge in [0.1, 0.15) is 0 Å². The first-order valence-electron chi connectivity index (χ1n) is 8.98. The van der Waals surface area contributed by atoms with Gasteiger partial charge in [0.05, 0.1) is 11.4 Å². The van der Waals surface area contributed by atoms with Crippen molar-refractivity contribution in [1.29, 1.82) is 0 Å². The van der Waals surface area contributed by atoms with Crippen molar-refractivity contribution in [2.24, 2.45) is 0 Å². The van der Waals surface area contributed by atoms with Gasteiger partial charge in [-0.25, -0.2) is 0 Å². The van der Waals surface area contributed by atoms with Gasteiger partial charge in [0, 0.05) is 30.4 Å². The third-order valence-electron chi connectivity index (χ3n) is 5.21. The van der Waals surface area contributed by atoms with Gasteiger partial charge in [0.25, 0.3) is 5.91 Å². The molecule has 0 aromatic carbocycles. The second kappa shape index (κ2) is 7.66. The molecule has 1 N–H and O–H groups in total. The fourth-order valence-electron chi connectivity index (χ4n) is 4.07. The van der Waals surface area contributed by atoms with Crippen molar-refractivity contribution < 1.29 is 9.59 Å². The SMILES string of the molecule is CCN1CCC[C@@H]1[C@H]1CCCN1C(=O)c1ccc(CNC(C)=O)s1. The number of amides is 2. The van der Waals surface area contributed by atoms with E-state index in [-0.39, 0.29) is 11.8 Å². The van der Waals surface area contributed by atoms with Crippen LogP contribution in [0, 0.1) is 0 Å². The summed E-state index contributed by atoms with van der Waals surface area (Å²) in [7, 11) is 0. The normalized spacial score (nSPS) is 24.5. The summed E-state index contributed by atoms with van der Waals surface area (Å²) in [6.07, 6.45) is 4.68. The summed E-state index contributed by atoms with van der Waals surface area (Å²) >= 11 is 1.50. The van der Waals surface area contributed by atoms with Crippen molar-refractivity contribution in [3.8, 4) is 0 Å². The average molecular weight is 350 g/mol. The summed E-state index contributed by atoms with van der Waals surface area (Å²) in [5, 5.41) is 2.79. The quantitative estimate of drug-likeness (QED) is 0.888.